The molecule has 0 bridgehead atoms. The van der Waals surface area contributed by atoms with E-state index < -0.39 is 0 Å². The summed E-state index contributed by atoms with van der Waals surface area (Å²) in [5, 5.41) is 0. The first-order chi connectivity index (χ1) is 10.8. The van der Waals surface area contributed by atoms with Gasteiger partial charge in [0.25, 0.3) is 0 Å². The standard InChI is InChI=1S/C21H18O.ClH/c22-21(19-12-5-2-6-13-19)16-15-18-11-7-8-14-20(18)17-9-3-1-4-10-17;/h1-14H,15-16H2;1H. The van der Waals surface area contributed by atoms with Crippen LogP contribution in [0.4, 0.5) is 0 Å². The number of ketones is 1. The first-order valence-electron chi connectivity index (χ1n) is 7.56. The van der Waals surface area contributed by atoms with E-state index in [-0.39, 0.29) is 18.2 Å². The van der Waals surface area contributed by atoms with Gasteiger partial charge in [0.15, 0.2) is 5.78 Å². The highest BCUT2D eigenvalue weighted by Crippen LogP contribution is 2.24. The molecule has 0 saturated heterocycles. The minimum Gasteiger partial charge on any atom is -0.294 e. The van der Waals surface area contributed by atoms with Crippen molar-refractivity contribution in [1.82, 2.24) is 0 Å². The molecule has 23 heavy (non-hydrogen) atoms. The third-order valence-electron chi connectivity index (χ3n) is 3.82. The number of aryl methyl sites for hydroxylation is 1. The average Bonchev–Trinajstić information content (AvgIpc) is 2.61. The number of benzene rings is 3. The summed E-state index contributed by atoms with van der Waals surface area (Å²) in [6, 6.07) is 28.1. The van der Waals surface area contributed by atoms with E-state index in [1.807, 2.05) is 60.7 Å². The van der Waals surface area contributed by atoms with Crippen LogP contribution in [0.5, 0.6) is 0 Å². The summed E-state index contributed by atoms with van der Waals surface area (Å²) in [5.41, 5.74) is 4.42. The van der Waals surface area contributed by atoms with Gasteiger partial charge in [0, 0.05) is 12.0 Å². The molecule has 0 aliphatic carbocycles. The first-order valence-corrected chi connectivity index (χ1v) is 7.56. The Labute approximate surface area is 143 Å². The van der Waals surface area contributed by atoms with Gasteiger partial charge < -0.3 is 0 Å². The molecule has 0 atom stereocenters. The number of hydrogen-bond donors (Lipinski definition) is 0. The van der Waals surface area contributed by atoms with Crippen molar-refractivity contribution < 1.29 is 4.79 Å². The van der Waals surface area contributed by atoms with Gasteiger partial charge in [-0.05, 0) is 23.1 Å². The van der Waals surface area contributed by atoms with Crippen LogP contribution in [0.15, 0.2) is 84.9 Å². The van der Waals surface area contributed by atoms with E-state index in [0.29, 0.717) is 6.42 Å². The number of carbonyl (C=O) groups is 1. The molecular formula is C21H19ClO. The number of halogens is 1. The Morgan fingerprint density at radius 3 is 1.96 bits per heavy atom. The second-order valence-corrected chi connectivity index (χ2v) is 5.31. The predicted molar refractivity (Wildman–Crippen MR) is 98.2 cm³/mol. The normalized spacial score (nSPS) is 9.91. The number of Topliss-reactive ketones (excluding diaryl/α,β-unsaturated/α-hetero) is 1. The quantitative estimate of drug-likeness (QED) is 0.559. The fourth-order valence-electron chi connectivity index (χ4n) is 2.65. The van der Waals surface area contributed by atoms with Gasteiger partial charge in [-0.3, -0.25) is 4.79 Å². The molecule has 0 aliphatic heterocycles. The molecule has 0 amide bonds. The van der Waals surface area contributed by atoms with Crippen molar-refractivity contribution in [2.24, 2.45) is 0 Å². The molecule has 1 nitrogen and oxygen atoms in total. The summed E-state index contributed by atoms with van der Waals surface area (Å²) in [6.45, 7) is 0. The van der Waals surface area contributed by atoms with E-state index in [0.717, 1.165) is 12.0 Å². The average molecular weight is 323 g/mol. The fraction of sp³-hybridized carbons (Fsp3) is 0.0952. The molecule has 0 saturated carbocycles. The third kappa shape index (κ3) is 4.30. The van der Waals surface area contributed by atoms with E-state index in [9.17, 15) is 4.79 Å². The summed E-state index contributed by atoms with van der Waals surface area (Å²) in [7, 11) is 0. The second-order valence-electron chi connectivity index (χ2n) is 5.31. The Kier molecular flexibility index (Phi) is 6.13. The summed E-state index contributed by atoms with van der Waals surface area (Å²) in [5.74, 6) is 0.198. The van der Waals surface area contributed by atoms with Crippen LogP contribution in [-0.2, 0) is 6.42 Å². The molecule has 116 valence electrons. The number of carbonyl (C=O) groups excluding carboxylic acids is 1. The summed E-state index contributed by atoms with van der Waals surface area (Å²) in [6.07, 6.45) is 1.30. The maximum atomic E-state index is 12.3. The molecule has 0 fully saturated rings. The highest BCUT2D eigenvalue weighted by Gasteiger charge is 2.08. The van der Waals surface area contributed by atoms with Crippen LogP contribution in [0.2, 0.25) is 0 Å². The van der Waals surface area contributed by atoms with Crippen LogP contribution < -0.4 is 0 Å². The third-order valence-corrected chi connectivity index (χ3v) is 3.82. The van der Waals surface area contributed by atoms with Crippen molar-refractivity contribution in [3.63, 3.8) is 0 Å². The molecule has 0 heterocycles. The fourth-order valence-corrected chi connectivity index (χ4v) is 2.65. The molecule has 0 unspecified atom stereocenters. The lowest BCUT2D eigenvalue weighted by atomic mass is 9.95. The Balaban J connectivity index is 0.00000192. The van der Waals surface area contributed by atoms with E-state index >= 15 is 0 Å². The van der Waals surface area contributed by atoms with Gasteiger partial charge in [0.05, 0.1) is 0 Å². The molecule has 2 heteroatoms. The zero-order valence-electron chi connectivity index (χ0n) is 12.8. The first kappa shape index (κ1) is 17.0. The van der Waals surface area contributed by atoms with Crippen LogP contribution in [0.1, 0.15) is 22.3 Å². The predicted octanol–water partition coefficient (Wildman–Crippen LogP) is 5.59. The second kappa shape index (κ2) is 8.30. The SMILES string of the molecule is Cl.O=C(CCc1ccccc1-c1ccccc1)c1ccccc1. The Morgan fingerprint density at radius 1 is 0.696 bits per heavy atom. The molecule has 3 aromatic carbocycles. The monoisotopic (exact) mass is 322 g/mol. The van der Waals surface area contributed by atoms with Crippen molar-refractivity contribution in [1.29, 1.82) is 0 Å². The summed E-state index contributed by atoms with van der Waals surface area (Å²) in [4.78, 5) is 12.3. The lowest BCUT2D eigenvalue weighted by Crippen LogP contribution is -2.01. The van der Waals surface area contributed by atoms with Gasteiger partial charge >= 0.3 is 0 Å². The Bertz CT molecular complexity index is 751. The lowest BCUT2D eigenvalue weighted by Gasteiger charge is -2.09. The van der Waals surface area contributed by atoms with Gasteiger partial charge in [-0.15, -0.1) is 12.4 Å². The highest BCUT2D eigenvalue weighted by atomic mass is 35.5. The van der Waals surface area contributed by atoms with Crippen molar-refractivity contribution in [3.8, 4) is 11.1 Å². The van der Waals surface area contributed by atoms with Gasteiger partial charge in [-0.2, -0.15) is 0 Å². The van der Waals surface area contributed by atoms with Crippen LogP contribution in [-0.4, -0.2) is 5.78 Å². The van der Waals surface area contributed by atoms with Crippen molar-refractivity contribution in [3.05, 3.63) is 96.1 Å². The van der Waals surface area contributed by atoms with Crippen molar-refractivity contribution in [2.45, 2.75) is 12.8 Å². The van der Waals surface area contributed by atoms with Gasteiger partial charge in [-0.25, -0.2) is 0 Å². The van der Waals surface area contributed by atoms with Crippen LogP contribution in [0.3, 0.4) is 0 Å². The maximum Gasteiger partial charge on any atom is 0.163 e. The maximum absolute atomic E-state index is 12.3. The van der Waals surface area contributed by atoms with E-state index in [1.54, 1.807) is 0 Å². The molecule has 3 aromatic rings. The van der Waals surface area contributed by atoms with Gasteiger partial charge in [0.2, 0.25) is 0 Å². The van der Waals surface area contributed by atoms with Crippen molar-refractivity contribution in [2.75, 3.05) is 0 Å². The molecule has 3 rings (SSSR count). The molecule has 0 aromatic heterocycles. The zero-order chi connectivity index (χ0) is 15.2. The Hall–Kier alpha value is -2.38. The molecule has 0 spiro atoms. The number of hydrogen-bond acceptors (Lipinski definition) is 1. The largest absolute Gasteiger partial charge is 0.294 e. The molecule has 0 N–H and O–H groups in total. The van der Waals surface area contributed by atoms with E-state index in [4.69, 9.17) is 0 Å². The van der Waals surface area contributed by atoms with Gasteiger partial charge in [-0.1, -0.05) is 84.9 Å². The lowest BCUT2D eigenvalue weighted by molar-refractivity contribution is 0.0983. The molecular weight excluding hydrogens is 304 g/mol. The van der Waals surface area contributed by atoms with Gasteiger partial charge in [0.1, 0.15) is 0 Å². The zero-order valence-corrected chi connectivity index (χ0v) is 13.6. The smallest absolute Gasteiger partial charge is 0.163 e. The minimum atomic E-state index is 0. The number of rotatable bonds is 5. The van der Waals surface area contributed by atoms with Crippen LogP contribution >= 0.6 is 12.4 Å². The Morgan fingerprint density at radius 2 is 1.26 bits per heavy atom. The summed E-state index contributed by atoms with van der Waals surface area (Å²) >= 11 is 0. The van der Waals surface area contributed by atoms with E-state index in [1.165, 1.54) is 16.7 Å². The minimum absolute atomic E-state index is 0. The highest BCUT2D eigenvalue weighted by molar-refractivity contribution is 5.96. The molecule has 0 radical (unpaired) electrons. The topological polar surface area (TPSA) is 17.1 Å². The van der Waals surface area contributed by atoms with Crippen LogP contribution in [0, 0.1) is 0 Å². The van der Waals surface area contributed by atoms with E-state index in [2.05, 4.69) is 24.3 Å². The summed E-state index contributed by atoms with van der Waals surface area (Å²) < 4.78 is 0. The van der Waals surface area contributed by atoms with Crippen LogP contribution in [0.25, 0.3) is 11.1 Å². The molecule has 0 aliphatic rings. The van der Waals surface area contributed by atoms with Crippen molar-refractivity contribution >= 4 is 18.2 Å².